The summed E-state index contributed by atoms with van der Waals surface area (Å²) in [4.78, 5) is 20.6. The lowest BCUT2D eigenvalue weighted by atomic mass is 10.1. The molecule has 1 aromatic carbocycles. The number of carbonyl (C=O) groups is 1. The molecule has 2 N–H and O–H groups in total. The molecular formula is C9H8BrNO5. The number of aliphatic hydroxyl groups excluding tert-OH is 1. The standard InChI is InChI=1S/C9H8BrNO5/c1-4-2-5(8(12)9(13)14)7(10)6(3-4)11(15)16/h2-3,8,12H,1H3,(H,13,14). The molecule has 6 nitrogen and oxygen atoms in total. The Morgan fingerprint density at radius 1 is 1.56 bits per heavy atom. The summed E-state index contributed by atoms with van der Waals surface area (Å²) in [5.41, 5.74) is 0.208. The number of hydrogen-bond donors (Lipinski definition) is 2. The first-order valence-corrected chi connectivity index (χ1v) is 4.99. The lowest BCUT2D eigenvalue weighted by molar-refractivity contribution is -0.385. The Bertz CT molecular complexity index is 459. The van der Waals surface area contributed by atoms with Crippen LogP contribution in [-0.2, 0) is 4.79 Å². The van der Waals surface area contributed by atoms with Gasteiger partial charge in [0.15, 0.2) is 6.10 Å². The smallest absolute Gasteiger partial charge is 0.337 e. The monoisotopic (exact) mass is 289 g/mol. The summed E-state index contributed by atoms with van der Waals surface area (Å²) >= 11 is 2.92. The van der Waals surface area contributed by atoms with Crippen molar-refractivity contribution in [2.45, 2.75) is 13.0 Å². The zero-order chi connectivity index (χ0) is 12.5. The molecule has 0 aliphatic heterocycles. The van der Waals surface area contributed by atoms with E-state index in [0.29, 0.717) is 5.56 Å². The zero-order valence-electron chi connectivity index (χ0n) is 8.18. The Balaban J connectivity index is 3.40. The number of aliphatic hydroxyl groups is 1. The molecule has 0 radical (unpaired) electrons. The highest BCUT2D eigenvalue weighted by atomic mass is 79.9. The molecule has 16 heavy (non-hydrogen) atoms. The fourth-order valence-corrected chi connectivity index (χ4v) is 1.83. The number of nitrogens with zero attached hydrogens (tertiary/aromatic N) is 1. The summed E-state index contributed by atoms with van der Waals surface area (Å²) in [6, 6.07) is 2.68. The maximum Gasteiger partial charge on any atom is 0.337 e. The maximum atomic E-state index is 10.7. The van der Waals surface area contributed by atoms with Crippen molar-refractivity contribution in [1.82, 2.24) is 0 Å². The Morgan fingerprint density at radius 2 is 2.12 bits per heavy atom. The van der Waals surface area contributed by atoms with E-state index in [4.69, 9.17) is 5.11 Å². The van der Waals surface area contributed by atoms with Gasteiger partial charge in [-0.2, -0.15) is 0 Å². The number of nitro groups is 1. The highest BCUT2D eigenvalue weighted by Crippen LogP contribution is 2.33. The average Bonchev–Trinajstić information content (AvgIpc) is 2.19. The van der Waals surface area contributed by atoms with Crippen LogP contribution in [0.25, 0.3) is 0 Å². The number of aliphatic carboxylic acids is 1. The molecule has 0 fully saturated rings. The quantitative estimate of drug-likeness (QED) is 0.652. The molecule has 0 bridgehead atoms. The second-order valence-corrected chi connectivity index (χ2v) is 3.98. The van der Waals surface area contributed by atoms with Gasteiger partial charge in [-0.15, -0.1) is 0 Å². The van der Waals surface area contributed by atoms with Crippen molar-refractivity contribution in [2.24, 2.45) is 0 Å². The lowest BCUT2D eigenvalue weighted by Crippen LogP contribution is -2.12. The van der Waals surface area contributed by atoms with E-state index in [1.165, 1.54) is 12.1 Å². The molecule has 1 atom stereocenters. The first-order valence-electron chi connectivity index (χ1n) is 4.20. The SMILES string of the molecule is Cc1cc(C(O)C(=O)O)c(Br)c([N+](=O)[O-])c1. The van der Waals surface area contributed by atoms with E-state index >= 15 is 0 Å². The molecule has 1 unspecified atom stereocenters. The van der Waals surface area contributed by atoms with Gasteiger partial charge >= 0.3 is 5.97 Å². The predicted molar refractivity (Wildman–Crippen MR) is 58.1 cm³/mol. The highest BCUT2D eigenvalue weighted by molar-refractivity contribution is 9.10. The molecule has 0 heterocycles. The van der Waals surface area contributed by atoms with Gasteiger partial charge in [-0.05, 0) is 28.4 Å². The van der Waals surface area contributed by atoms with Crippen LogP contribution in [0.1, 0.15) is 17.2 Å². The summed E-state index contributed by atoms with van der Waals surface area (Å²) in [5, 5.41) is 28.7. The van der Waals surface area contributed by atoms with E-state index in [2.05, 4.69) is 15.9 Å². The van der Waals surface area contributed by atoms with Gasteiger partial charge in [-0.3, -0.25) is 10.1 Å². The summed E-state index contributed by atoms with van der Waals surface area (Å²) < 4.78 is -0.0157. The van der Waals surface area contributed by atoms with Crippen molar-refractivity contribution in [3.63, 3.8) is 0 Å². The molecule has 1 aromatic rings. The van der Waals surface area contributed by atoms with E-state index in [0.717, 1.165) is 0 Å². The molecule has 0 saturated heterocycles. The van der Waals surface area contributed by atoms with Crippen LogP contribution in [0.5, 0.6) is 0 Å². The minimum absolute atomic E-state index is 0.0157. The van der Waals surface area contributed by atoms with Gasteiger partial charge in [-0.25, -0.2) is 4.79 Å². The molecular weight excluding hydrogens is 282 g/mol. The minimum Gasteiger partial charge on any atom is -0.479 e. The number of benzene rings is 1. The zero-order valence-corrected chi connectivity index (χ0v) is 9.76. The van der Waals surface area contributed by atoms with Gasteiger partial charge in [0.25, 0.3) is 5.69 Å². The molecule has 0 aliphatic rings. The average molecular weight is 290 g/mol. The van der Waals surface area contributed by atoms with Crippen LogP contribution in [0.3, 0.4) is 0 Å². The van der Waals surface area contributed by atoms with Crippen LogP contribution >= 0.6 is 15.9 Å². The van der Waals surface area contributed by atoms with Crippen molar-refractivity contribution in [3.05, 3.63) is 37.8 Å². The van der Waals surface area contributed by atoms with Crippen LogP contribution in [-0.4, -0.2) is 21.1 Å². The second-order valence-electron chi connectivity index (χ2n) is 3.19. The highest BCUT2D eigenvalue weighted by Gasteiger charge is 2.25. The van der Waals surface area contributed by atoms with Crippen LogP contribution < -0.4 is 0 Å². The molecule has 7 heteroatoms. The minimum atomic E-state index is -1.78. The number of halogens is 1. The third-order valence-corrected chi connectivity index (χ3v) is 2.82. The van der Waals surface area contributed by atoms with Crippen molar-refractivity contribution < 1.29 is 19.9 Å². The van der Waals surface area contributed by atoms with E-state index in [9.17, 15) is 20.0 Å². The first-order chi connectivity index (χ1) is 7.34. The lowest BCUT2D eigenvalue weighted by Gasteiger charge is -2.09. The second kappa shape index (κ2) is 4.58. The first kappa shape index (κ1) is 12.6. The molecule has 0 saturated carbocycles. The number of aryl methyl sites for hydroxylation is 1. The van der Waals surface area contributed by atoms with Gasteiger partial charge in [0.05, 0.1) is 4.92 Å². The molecule has 0 aromatic heterocycles. The Labute approximate surface area is 98.8 Å². The molecule has 1 rings (SSSR count). The van der Waals surface area contributed by atoms with Crippen LogP contribution in [0.2, 0.25) is 0 Å². The van der Waals surface area contributed by atoms with E-state index in [1.807, 2.05) is 0 Å². The van der Waals surface area contributed by atoms with Gasteiger partial charge < -0.3 is 10.2 Å². The molecule has 0 spiro atoms. The third kappa shape index (κ3) is 2.37. The topological polar surface area (TPSA) is 101 Å². The fraction of sp³-hybridized carbons (Fsp3) is 0.222. The van der Waals surface area contributed by atoms with Crippen molar-refractivity contribution in [2.75, 3.05) is 0 Å². The van der Waals surface area contributed by atoms with E-state index in [-0.39, 0.29) is 15.7 Å². The van der Waals surface area contributed by atoms with Crippen molar-refractivity contribution >= 4 is 27.6 Å². The normalized spacial score (nSPS) is 12.2. The Kier molecular flexibility index (Phi) is 3.61. The summed E-state index contributed by atoms with van der Waals surface area (Å²) in [6.07, 6.45) is -1.78. The predicted octanol–water partition coefficient (Wildman–Crippen LogP) is 1.78. The fourth-order valence-electron chi connectivity index (χ4n) is 1.24. The number of hydrogen-bond acceptors (Lipinski definition) is 4. The molecule has 86 valence electrons. The number of rotatable bonds is 3. The van der Waals surface area contributed by atoms with Crippen LogP contribution in [0, 0.1) is 17.0 Å². The summed E-state index contributed by atoms with van der Waals surface area (Å²) in [7, 11) is 0. The number of carboxylic acids is 1. The van der Waals surface area contributed by atoms with Crippen LogP contribution in [0.15, 0.2) is 16.6 Å². The Morgan fingerprint density at radius 3 is 2.56 bits per heavy atom. The van der Waals surface area contributed by atoms with Crippen LogP contribution in [0.4, 0.5) is 5.69 Å². The summed E-state index contributed by atoms with van der Waals surface area (Å²) in [6.45, 7) is 1.58. The van der Waals surface area contributed by atoms with Gasteiger partial charge in [0.1, 0.15) is 4.47 Å². The molecule has 0 aliphatic carbocycles. The summed E-state index contributed by atoms with van der Waals surface area (Å²) in [5.74, 6) is -1.46. The maximum absolute atomic E-state index is 10.7. The van der Waals surface area contributed by atoms with Gasteiger partial charge in [0, 0.05) is 11.6 Å². The van der Waals surface area contributed by atoms with Gasteiger partial charge in [0.2, 0.25) is 0 Å². The van der Waals surface area contributed by atoms with Gasteiger partial charge in [-0.1, -0.05) is 6.07 Å². The van der Waals surface area contributed by atoms with E-state index < -0.39 is 17.0 Å². The van der Waals surface area contributed by atoms with Crippen molar-refractivity contribution in [3.8, 4) is 0 Å². The number of carboxylic acid groups (broad SMARTS) is 1. The largest absolute Gasteiger partial charge is 0.479 e. The molecule has 0 amide bonds. The third-order valence-electron chi connectivity index (χ3n) is 1.95. The van der Waals surface area contributed by atoms with E-state index in [1.54, 1.807) is 6.92 Å². The number of nitro benzene ring substituents is 1. The Hall–Kier alpha value is -1.47. The van der Waals surface area contributed by atoms with Crippen molar-refractivity contribution in [1.29, 1.82) is 0 Å².